The molecule has 0 unspecified atom stereocenters. The van der Waals surface area contributed by atoms with Crippen molar-refractivity contribution in [1.82, 2.24) is 19.7 Å². The molecule has 0 saturated carbocycles. The Bertz CT molecular complexity index is 807. The van der Waals surface area contributed by atoms with Gasteiger partial charge in [0.25, 0.3) is 5.91 Å². The molecule has 25 heavy (non-hydrogen) atoms. The van der Waals surface area contributed by atoms with E-state index in [2.05, 4.69) is 10.2 Å². The van der Waals surface area contributed by atoms with E-state index < -0.39 is 5.41 Å². The van der Waals surface area contributed by atoms with Crippen molar-refractivity contribution >= 4 is 11.9 Å². The van der Waals surface area contributed by atoms with Gasteiger partial charge in [-0.3, -0.25) is 14.2 Å². The van der Waals surface area contributed by atoms with Crippen molar-refractivity contribution in [3.8, 4) is 5.69 Å². The molecule has 0 N–H and O–H groups in total. The molecule has 3 heterocycles. The van der Waals surface area contributed by atoms with Gasteiger partial charge < -0.3 is 14.4 Å². The van der Waals surface area contributed by atoms with E-state index in [1.54, 1.807) is 34.3 Å². The van der Waals surface area contributed by atoms with E-state index in [1.165, 1.54) is 7.11 Å². The number of rotatable bonds is 3. The number of hydrogen-bond donors (Lipinski definition) is 0. The lowest BCUT2D eigenvalue weighted by molar-refractivity contribution is -0.153. The predicted molar refractivity (Wildman–Crippen MR) is 86.0 cm³/mol. The average molecular weight is 342 g/mol. The summed E-state index contributed by atoms with van der Waals surface area (Å²) in [5, 5.41) is 7.56. The molecule has 2 aromatic rings. The number of esters is 1. The summed E-state index contributed by atoms with van der Waals surface area (Å²) >= 11 is 0. The lowest BCUT2D eigenvalue weighted by Crippen LogP contribution is -2.41. The number of carbonyl (C=O) groups is 2. The first-order valence-corrected chi connectivity index (χ1v) is 8.04. The number of likely N-dealkylation sites (tertiary alicyclic amines) is 1. The second-order valence-corrected chi connectivity index (χ2v) is 6.46. The van der Waals surface area contributed by atoms with Gasteiger partial charge in [-0.05, 0) is 18.2 Å². The number of amides is 1. The van der Waals surface area contributed by atoms with Crippen LogP contribution in [0.5, 0.6) is 0 Å². The maximum absolute atomic E-state index is 12.9. The third-order valence-corrected chi connectivity index (χ3v) is 5.06. The monoisotopic (exact) mass is 342 g/mol. The van der Waals surface area contributed by atoms with Crippen molar-refractivity contribution in [2.45, 2.75) is 0 Å². The van der Waals surface area contributed by atoms with Crippen LogP contribution in [0.1, 0.15) is 10.4 Å². The lowest BCUT2D eigenvalue weighted by Gasteiger charge is -2.24. The molecule has 1 amide bonds. The number of fused-ring (bicyclic) bond motifs is 1. The molecule has 1 aromatic heterocycles. The van der Waals surface area contributed by atoms with Crippen LogP contribution in [0.2, 0.25) is 0 Å². The van der Waals surface area contributed by atoms with E-state index in [4.69, 9.17) is 9.47 Å². The number of carbonyl (C=O) groups excluding carboxylic acids is 2. The minimum Gasteiger partial charge on any atom is -0.468 e. The van der Waals surface area contributed by atoms with E-state index in [0.29, 0.717) is 31.9 Å². The molecule has 2 saturated heterocycles. The summed E-state index contributed by atoms with van der Waals surface area (Å²) in [6.45, 7) is 1.58. The second kappa shape index (κ2) is 5.96. The zero-order valence-electron chi connectivity index (χ0n) is 13.8. The average Bonchev–Trinajstić information content (AvgIpc) is 3.35. The fourth-order valence-corrected chi connectivity index (χ4v) is 3.70. The molecule has 0 bridgehead atoms. The molecule has 8 heteroatoms. The Labute approximate surface area is 144 Å². The fraction of sp³-hybridized carbons (Fsp3) is 0.412. The largest absolute Gasteiger partial charge is 0.468 e. The van der Waals surface area contributed by atoms with Crippen molar-refractivity contribution in [2.75, 3.05) is 33.4 Å². The predicted octanol–water partition coefficient (Wildman–Crippen LogP) is 0.529. The van der Waals surface area contributed by atoms with Gasteiger partial charge in [0, 0.05) is 30.3 Å². The highest BCUT2D eigenvalue weighted by molar-refractivity contribution is 5.95. The quantitative estimate of drug-likeness (QED) is 0.756. The zero-order valence-corrected chi connectivity index (χ0v) is 13.8. The summed E-state index contributed by atoms with van der Waals surface area (Å²) in [5.41, 5.74) is 0.629. The van der Waals surface area contributed by atoms with Crippen LogP contribution in [0, 0.1) is 11.3 Å². The Balaban J connectivity index is 1.58. The van der Waals surface area contributed by atoms with E-state index in [9.17, 15) is 9.59 Å². The van der Waals surface area contributed by atoms with Crippen molar-refractivity contribution in [2.24, 2.45) is 11.3 Å². The number of methoxy groups -OCH3 is 1. The van der Waals surface area contributed by atoms with Gasteiger partial charge in [-0.2, -0.15) is 0 Å². The highest BCUT2D eigenvalue weighted by atomic mass is 16.5. The number of nitrogens with zero attached hydrogens (tertiary/aromatic N) is 4. The van der Waals surface area contributed by atoms with E-state index >= 15 is 0 Å². The number of hydrogen-bond acceptors (Lipinski definition) is 6. The Morgan fingerprint density at radius 2 is 2.12 bits per heavy atom. The summed E-state index contributed by atoms with van der Waals surface area (Å²) < 4.78 is 12.2. The molecule has 2 atom stereocenters. The molecule has 0 radical (unpaired) electrons. The summed E-state index contributed by atoms with van der Waals surface area (Å²) in [6, 6.07) is 7.26. The fourth-order valence-electron chi connectivity index (χ4n) is 3.70. The van der Waals surface area contributed by atoms with E-state index in [0.717, 1.165) is 5.69 Å². The van der Waals surface area contributed by atoms with Gasteiger partial charge in [-0.15, -0.1) is 10.2 Å². The third-order valence-electron chi connectivity index (χ3n) is 5.06. The Hall–Kier alpha value is -2.74. The topological polar surface area (TPSA) is 86.5 Å². The van der Waals surface area contributed by atoms with Crippen LogP contribution in [0.3, 0.4) is 0 Å². The lowest BCUT2D eigenvalue weighted by atomic mass is 9.81. The first-order valence-electron chi connectivity index (χ1n) is 8.04. The van der Waals surface area contributed by atoms with E-state index in [1.807, 2.05) is 12.1 Å². The smallest absolute Gasteiger partial charge is 0.316 e. The number of aromatic nitrogens is 3. The zero-order chi connectivity index (χ0) is 17.4. The minimum absolute atomic E-state index is 0.0232. The van der Waals surface area contributed by atoms with Gasteiger partial charge >= 0.3 is 5.97 Å². The Kier molecular flexibility index (Phi) is 3.76. The van der Waals surface area contributed by atoms with Gasteiger partial charge in [-0.1, -0.05) is 6.07 Å². The standard InChI is InChI=1S/C17H18N4O4/c1-24-16(23)17-8-20(6-13(17)7-25-9-17)15(22)12-3-2-4-14(5-12)21-10-18-19-11-21/h2-5,10-11,13H,6-9H2,1H3/t13-,17-/m0/s1. The molecule has 2 aliphatic rings. The van der Waals surface area contributed by atoms with Crippen LogP contribution < -0.4 is 0 Å². The van der Waals surface area contributed by atoms with E-state index in [-0.39, 0.29) is 17.8 Å². The van der Waals surface area contributed by atoms with Crippen molar-refractivity contribution in [1.29, 1.82) is 0 Å². The van der Waals surface area contributed by atoms with Gasteiger partial charge in [0.05, 0.1) is 20.3 Å². The van der Waals surface area contributed by atoms with Gasteiger partial charge in [0.15, 0.2) is 0 Å². The molecule has 2 fully saturated rings. The van der Waals surface area contributed by atoms with Crippen LogP contribution in [-0.4, -0.2) is 65.0 Å². The molecule has 4 rings (SSSR count). The third kappa shape index (κ3) is 2.49. The van der Waals surface area contributed by atoms with Crippen LogP contribution in [0.15, 0.2) is 36.9 Å². The highest BCUT2D eigenvalue weighted by Gasteiger charge is 2.57. The van der Waals surface area contributed by atoms with Gasteiger partial charge in [-0.25, -0.2) is 0 Å². The first kappa shape index (κ1) is 15.8. The highest BCUT2D eigenvalue weighted by Crippen LogP contribution is 2.42. The summed E-state index contributed by atoms with van der Waals surface area (Å²) in [7, 11) is 1.37. The minimum atomic E-state index is -0.740. The normalized spacial score (nSPS) is 25.0. The van der Waals surface area contributed by atoms with Crippen LogP contribution in [-0.2, 0) is 14.3 Å². The molecular weight excluding hydrogens is 324 g/mol. The molecule has 1 aromatic carbocycles. The number of benzene rings is 1. The maximum Gasteiger partial charge on any atom is 0.316 e. The van der Waals surface area contributed by atoms with Crippen LogP contribution in [0.25, 0.3) is 5.69 Å². The van der Waals surface area contributed by atoms with Crippen LogP contribution in [0.4, 0.5) is 0 Å². The Morgan fingerprint density at radius 1 is 1.32 bits per heavy atom. The summed E-state index contributed by atoms with van der Waals surface area (Å²) in [5.74, 6) is -0.430. The van der Waals surface area contributed by atoms with Crippen molar-refractivity contribution in [3.63, 3.8) is 0 Å². The first-order chi connectivity index (χ1) is 12.1. The summed E-state index contributed by atoms with van der Waals surface area (Å²) in [4.78, 5) is 26.9. The molecule has 8 nitrogen and oxygen atoms in total. The molecule has 130 valence electrons. The molecule has 0 spiro atoms. The molecule has 2 aliphatic heterocycles. The molecule has 0 aliphatic carbocycles. The van der Waals surface area contributed by atoms with Gasteiger partial charge in [0.1, 0.15) is 18.1 Å². The van der Waals surface area contributed by atoms with Crippen molar-refractivity contribution < 1.29 is 19.1 Å². The second-order valence-electron chi connectivity index (χ2n) is 6.46. The molecular formula is C17H18N4O4. The van der Waals surface area contributed by atoms with Crippen LogP contribution >= 0.6 is 0 Å². The maximum atomic E-state index is 12.9. The van der Waals surface area contributed by atoms with Crippen molar-refractivity contribution in [3.05, 3.63) is 42.5 Å². The Morgan fingerprint density at radius 3 is 2.88 bits per heavy atom. The summed E-state index contributed by atoms with van der Waals surface area (Å²) in [6.07, 6.45) is 3.15. The van der Waals surface area contributed by atoms with Gasteiger partial charge in [0.2, 0.25) is 0 Å². The number of ether oxygens (including phenoxy) is 2. The SMILES string of the molecule is COC(=O)[C@@]12COC[C@@H]1CN(C(=O)c1cccc(-n3cnnc3)c1)C2.